The molecular formula is C30H33ClN4O2. The summed E-state index contributed by atoms with van der Waals surface area (Å²) in [7, 11) is 0. The average Bonchev–Trinajstić information content (AvgIpc) is 3.23. The van der Waals surface area contributed by atoms with Crippen molar-refractivity contribution in [2.45, 2.75) is 52.1 Å². The fourth-order valence-electron chi connectivity index (χ4n) is 4.54. The predicted molar refractivity (Wildman–Crippen MR) is 150 cm³/mol. The minimum atomic E-state index is -0.115. The number of halogens is 1. The van der Waals surface area contributed by atoms with Gasteiger partial charge in [0.15, 0.2) is 0 Å². The van der Waals surface area contributed by atoms with Gasteiger partial charge in [-0.2, -0.15) is 0 Å². The highest BCUT2D eigenvalue weighted by Gasteiger charge is 2.21. The summed E-state index contributed by atoms with van der Waals surface area (Å²) in [6.07, 6.45) is 3.48. The molecule has 0 bridgehead atoms. The molecule has 1 heterocycles. The molecule has 4 aromatic rings. The predicted octanol–water partition coefficient (Wildman–Crippen LogP) is 6.27. The largest absolute Gasteiger partial charge is 0.352 e. The summed E-state index contributed by atoms with van der Waals surface area (Å²) in [5.41, 5.74) is 3.33. The minimum Gasteiger partial charge on any atom is -0.352 e. The summed E-state index contributed by atoms with van der Waals surface area (Å²) < 4.78 is 2.05. The van der Waals surface area contributed by atoms with Crippen molar-refractivity contribution in [2.24, 2.45) is 0 Å². The van der Waals surface area contributed by atoms with Gasteiger partial charge in [-0.25, -0.2) is 4.98 Å². The Labute approximate surface area is 223 Å². The number of hydrogen-bond acceptors (Lipinski definition) is 3. The number of aromatic nitrogens is 2. The monoisotopic (exact) mass is 516 g/mol. The molecule has 0 aliphatic rings. The molecule has 0 saturated heterocycles. The summed E-state index contributed by atoms with van der Waals surface area (Å²) in [5.74, 6) is 0.833. The molecule has 0 saturated carbocycles. The molecule has 7 heteroatoms. The van der Waals surface area contributed by atoms with E-state index in [0.717, 1.165) is 48.2 Å². The van der Waals surface area contributed by atoms with E-state index >= 15 is 0 Å². The van der Waals surface area contributed by atoms with Crippen LogP contribution in [0.15, 0.2) is 78.9 Å². The van der Waals surface area contributed by atoms with Crippen molar-refractivity contribution in [2.75, 3.05) is 11.4 Å². The van der Waals surface area contributed by atoms with Crippen molar-refractivity contribution >= 4 is 40.1 Å². The lowest BCUT2D eigenvalue weighted by Crippen LogP contribution is -2.39. The second kappa shape index (κ2) is 12.5. The maximum atomic E-state index is 13.5. The van der Waals surface area contributed by atoms with Gasteiger partial charge in [0.05, 0.1) is 11.0 Å². The Balaban J connectivity index is 1.37. The van der Waals surface area contributed by atoms with Crippen molar-refractivity contribution in [3.8, 4) is 0 Å². The molecule has 0 spiro atoms. The number of hydrogen-bond donors (Lipinski definition) is 1. The molecule has 4 rings (SSSR count). The van der Waals surface area contributed by atoms with E-state index < -0.39 is 0 Å². The Kier molecular flexibility index (Phi) is 8.96. The summed E-state index contributed by atoms with van der Waals surface area (Å²) in [4.78, 5) is 32.5. The summed E-state index contributed by atoms with van der Waals surface area (Å²) in [5, 5.41) is 3.50. The molecule has 0 unspecified atom stereocenters. The second-order valence-electron chi connectivity index (χ2n) is 9.37. The number of anilines is 1. The minimum absolute atomic E-state index is 0.0364. The van der Waals surface area contributed by atoms with E-state index in [1.165, 1.54) is 0 Å². The number of aryl methyl sites for hydroxylation is 1. The summed E-state index contributed by atoms with van der Waals surface area (Å²) in [6.45, 7) is 4.89. The molecule has 2 amide bonds. The van der Waals surface area contributed by atoms with E-state index in [1.54, 1.807) is 24.3 Å². The first-order chi connectivity index (χ1) is 17.9. The van der Waals surface area contributed by atoms with Crippen LogP contribution in [0.1, 0.15) is 49.3 Å². The topological polar surface area (TPSA) is 67.2 Å². The average molecular weight is 517 g/mol. The van der Waals surface area contributed by atoms with Crippen molar-refractivity contribution in [3.05, 3.63) is 95.3 Å². The third-order valence-corrected chi connectivity index (χ3v) is 6.53. The highest BCUT2D eigenvalue weighted by atomic mass is 35.5. The van der Waals surface area contributed by atoms with Crippen molar-refractivity contribution < 1.29 is 9.59 Å². The molecule has 3 aromatic carbocycles. The van der Waals surface area contributed by atoms with E-state index in [1.807, 2.05) is 73.3 Å². The fourth-order valence-corrected chi connectivity index (χ4v) is 4.73. The molecule has 0 aliphatic heterocycles. The van der Waals surface area contributed by atoms with Crippen LogP contribution in [0.3, 0.4) is 0 Å². The number of nitrogens with one attached hydrogen (secondary N) is 1. The number of nitrogens with zero attached hydrogens (tertiary/aromatic N) is 3. The number of benzene rings is 3. The smallest absolute Gasteiger partial charge is 0.251 e. The number of carbonyl (C=O) groups is 2. The fraction of sp³-hybridized carbons (Fsp3) is 0.300. The van der Waals surface area contributed by atoms with Gasteiger partial charge in [0, 0.05) is 35.3 Å². The SMILES string of the molecule is CC(C)N(C(=O)Cn1c(CCCCCNC(=O)c2cccc(Cl)c2)nc2ccccc21)c1ccccc1. The molecule has 1 aromatic heterocycles. The number of para-hydroxylation sites is 3. The summed E-state index contributed by atoms with van der Waals surface area (Å²) in [6, 6.07) is 24.7. The molecule has 37 heavy (non-hydrogen) atoms. The molecule has 0 radical (unpaired) electrons. The maximum Gasteiger partial charge on any atom is 0.251 e. The molecule has 1 N–H and O–H groups in total. The van der Waals surface area contributed by atoms with Crippen LogP contribution in [0.2, 0.25) is 5.02 Å². The first-order valence-corrected chi connectivity index (χ1v) is 13.2. The van der Waals surface area contributed by atoms with Crippen LogP contribution in [0.4, 0.5) is 5.69 Å². The van der Waals surface area contributed by atoms with Crippen LogP contribution in [-0.2, 0) is 17.8 Å². The number of fused-ring (bicyclic) bond motifs is 1. The lowest BCUT2D eigenvalue weighted by Gasteiger charge is -2.27. The standard InChI is InChI=1S/C30H33ClN4O2/c1-22(2)35(25-14-5-3-6-15-25)29(36)21-34-27-17-9-8-16-26(27)33-28(34)18-7-4-10-19-32-30(37)23-12-11-13-24(31)20-23/h3,5-6,8-9,11-17,20,22H,4,7,10,18-19,21H2,1-2H3,(H,32,37). The Morgan fingerprint density at radius 1 is 0.946 bits per heavy atom. The van der Waals surface area contributed by atoms with Crippen LogP contribution >= 0.6 is 11.6 Å². The van der Waals surface area contributed by atoms with Gasteiger partial charge in [0.1, 0.15) is 12.4 Å². The van der Waals surface area contributed by atoms with E-state index in [0.29, 0.717) is 17.1 Å². The number of rotatable bonds is 11. The van der Waals surface area contributed by atoms with Gasteiger partial charge in [-0.05, 0) is 69.2 Å². The van der Waals surface area contributed by atoms with Gasteiger partial charge in [-0.15, -0.1) is 0 Å². The molecule has 0 fully saturated rings. The third kappa shape index (κ3) is 6.77. The first-order valence-electron chi connectivity index (χ1n) is 12.8. The van der Waals surface area contributed by atoms with E-state index in [9.17, 15) is 9.59 Å². The molecule has 6 nitrogen and oxygen atoms in total. The highest BCUT2D eigenvalue weighted by molar-refractivity contribution is 6.30. The maximum absolute atomic E-state index is 13.5. The zero-order valence-corrected chi connectivity index (χ0v) is 22.1. The highest BCUT2D eigenvalue weighted by Crippen LogP contribution is 2.21. The Morgan fingerprint density at radius 2 is 1.70 bits per heavy atom. The molecular weight excluding hydrogens is 484 g/mol. The third-order valence-electron chi connectivity index (χ3n) is 6.30. The van der Waals surface area contributed by atoms with Gasteiger partial charge >= 0.3 is 0 Å². The quantitative estimate of drug-likeness (QED) is 0.239. The van der Waals surface area contributed by atoms with Gasteiger partial charge in [-0.1, -0.05) is 54.4 Å². The normalized spacial score (nSPS) is 11.1. The number of imidazole rings is 1. The van der Waals surface area contributed by atoms with Gasteiger partial charge < -0.3 is 14.8 Å². The van der Waals surface area contributed by atoms with Gasteiger partial charge in [0.2, 0.25) is 5.91 Å². The molecule has 192 valence electrons. The lowest BCUT2D eigenvalue weighted by atomic mass is 10.1. The summed E-state index contributed by atoms with van der Waals surface area (Å²) >= 11 is 5.98. The van der Waals surface area contributed by atoms with Crippen LogP contribution in [0.25, 0.3) is 11.0 Å². The zero-order chi connectivity index (χ0) is 26.2. The zero-order valence-electron chi connectivity index (χ0n) is 21.4. The van der Waals surface area contributed by atoms with Gasteiger partial charge in [0.25, 0.3) is 5.91 Å². The first kappa shape index (κ1) is 26.4. The second-order valence-corrected chi connectivity index (χ2v) is 9.81. The van der Waals surface area contributed by atoms with Crippen LogP contribution < -0.4 is 10.2 Å². The molecule has 0 aliphatic carbocycles. The number of amides is 2. The van der Waals surface area contributed by atoms with E-state index in [-0.39, 0.29) is 24.4 Å². The van der Waals surface area contributed by atoms with Crippen LogP contribution in [0, 0.1) is 0 Å². The van der Waals surface area contributed by atoms with Crippen molar-refractivity contribution in [3.63, 3.8) is 0 Å². The Morgan fingerprint density at radius 3 is 2.46 bits per heavy atom. The van der Waals surface area contributed by atoms with E-state index in [2.05, 4.69) is 9.88 Å². The van der Waals surface area contributed by atoms with Crippen molar-refractivity contribution in [1.29, 1.82) is 0 Å². The Bertz CT molecular complexity index is 1350. The Hall–Kier alpha value is -3.64. The molecule has 0 atom stereocenters. The van der Waals surface area contributed by atoms with Crippen LogP contribution in [-0.4, -0.2) is 34.0 Å². The van der Waals surface area contributed by atoms with Gasteiger partial charge in [-0.3, -0.25) is 9.59 Å². The number of unbranched alkanes of at least 4 members (excludes halogenated alkanes) is 2. The van der Waals surface area contributed by atoms with Crippen molar-refractivity contribution in [1.82, 2.24) is 14.9 Å². The lowest BCUT2D eigenvalue weighted by molar-refractivity contribution is -0.119. The van der Waals surface area contributed by atoms with Crippen LogP contribution in [0.5, 0.6) is 0 Å². The van der Waals surface area contributed by atoms with E-state index in [4.69, 9.17) is 16.6 Å². The number of carbonyl (C=O) groups excluding carboxylic acids is 2.